The molecule has 0 bridgehead atoms. The molecule has 4 atom stereocenters. The summed E-state index contributed by atoms with van der Waals surface area (Å²) in [4.78, 5) is 46.7. The number of carbonyl (C=O) groups excluding carboxylic acids is 3. The fraction of sp³-hybridized carbons (Fsp3) is 0.586. The van der Waals surface area contributed by atoms with Crippen LogP contribution in [0.4, 0.5) is 0 Å². The Bertz CT molecular complexity index is 1150. The first kappa shape index (κ1) is 28.2. The Kier molecular flexibility index (Phi) is 8.57. The quantitative estimate of drug-likeness (QED) is 0.469. The van der Waals surface area contributed by atoms with Gasteiger partial charge in [-0.3, -0.25) is 14.4 Å². The molecule has 0 radical (unpaired) electrons. The van der Waals surface area contributed by atoms with Gasteiger partial charge in [-0.05, 0) is 49.1 Å². The molecule has 1 aliphatic heterocycles. The van der Waals surface area contributed by atoms with E-state index in [1.54, 1.807) is 11.3 Å². The number of hydrogen-bond donors (Lipinski definition) is 3. The molecule has 1 saturated heterocycles. The third-order valence-electron chi connectivity index (χ3n) is 7.54. The van der Waals surface area contributed by atoms with Crippen LogP contribution in [0.5, 0.6) is 0 Å². The first-order chi connectivity index (χ1) is 17.9. The minimum absolute atomic E-state index is 0.0625. The Morgan fingerprint density at radius 1 is 1.16 bits per heavy atom. The van der Waals surface area contributed by atoms with Crippen molar-refractivity contribution in [1.82, 2.24) is 20.5 Å². The van der Waals surface area contributed by atoms with E-state index in [1.165, 1.54) is 4.90 Å². The molecule has 206 valence electrons. The highest BCUT2D eigenvalue weighted by Crippen LogP contribution is 2.33. The minimum Gasteiger partial charge on any atom is -0.391 e. The molecule has 1 aromatic carbocycles. The average molecular weight is 541 g/mol. The Morgan fingerprint density at radius 3 is 2.39 bits per heavy atom. The van der Waals surface area contributed by atoms with E-state index < -0.39 is 18.2 Å². The highest BCUT2D eigenvalue weighted by Gasteiger charge is 2.44. The number of aliphatic hydroxyl groups excluding tert-OH is 1. The van der Waals surface area contributed by atoms with E-state index in [2.05, 4.69) is 15.6 Å². The molecule has 2 aliphatic rings. The van der Waals surface area contributed by atoms with Gasteiger partial charge in [-0.25, -0.2) is 4.98 Å². The summed E-state index contributed by atoms with van der Waals surface area (Å²) in [6.45, 7) is 9.94. The van der Waals surface area contributed by atoms with Crippen molar-refractivity contribution in [1.29, 1.82) is 0 Å². The maximum Gasteiger partial charge on any atom is 0.246 e. The van der Waals surface area contributed by atoms with Crippen LogP contribution in [0.25, 0.3) is 10.4 Å². The molecule has 2 fully saturated rings. The topological polar surface area (TPSA) is 112 Å². The van der Waals surface area contributed by atoms with E-state index >= 15 is 0 Å². The number of amides is 3. The van der Waals surface area contributed by atoms with Crippen molar-refractivity contribution in [2.45, 2.75) is 91.0 Å². The molecule has 3 amide bonds. The largest absolute Gasteiger partial charge is 0.391 e. The summed E-state index contributed by atoms with van der Waals surface area (Å²) >= 11 is 1.60. The van der Waals surface area contributed by atoms with Crippen LogP contribution in [0.1, 0.15) is 77.1 Å². The fourth-order valence-electron chi connectivity index (χ4n) is 5.24. The van der Waals surface area contributed by atoms with Gasteiger partial charge in [0.2, 0.25) is 17.7 Å². The third-order valence-corrected chi connectivity index (χ3v) is 8.51. The number of rotatable bonds is 8. The molecule has 2 aromatic rings. The van der Waals surface area contributed by atoms with Gasteiger partial charge in [0.15, 0.2) is 0 Å². The predicted molar refractivity (Wildman–Crippen MR) is 148 cm³/mol. The summed E-state index contributed by atoms with van der Waals surface area (Å²) in [6, 6.07) is 6.31. The molecule has 1 saturated carbocycles. The number of aryl methyl sites for hydroxylation is 1. The van der Waals surface area contributed by atoms with E-state index in [-0.39, 0.29) is 48.1 Å². The minimum atomic E-state index is -0.778. The second kappa shape index (κ2) is 11.5. The van der Waals surface area contributed by atoms with E-state index in [0.717, 1.165) is 41.0 Å². The predicted octanol–water partition coefficient (Wildman–Crippen LogP) is 3.98. The SMILES string of the molecule is Cc1ncsc1-c1ccc(C(C)NC(=O)C2CC(O)CN2C(=O)C(NC(=O)CC(C)(C)C)C2CCC2)cc1. The van der Waals surface area contributed by atoms with Gasteiger partial charge in [-0.15, -0.1) is 11.3 Å². The molecule has 1 aromatic heterocycles. The zero-order chi connectivity index (χ0) is 27.6. The molecule has 0 spiro atoms. The normalized spacial score (nSPS) is 21.5. The molecular formula is C29H40N4O4S. The first-order valence-electron chi connectivity index (χ1n) is 13.5. The number of thiazole rings is 1. The van der Waals surface area contributed by atoms with E-state index in [0.29, 0.717) is 6.42 Å². The van der Waals surface area contributed by atoms with Gasteiger partial charge in [0, 0.05) is 19.4 Å². The number of benzene rings is 1. The van der Waals surface area contributed by atoms with E-state index in [4.69, 9.17) is 0 Å². The molecular weight excluding hydrogens is 500 g/mol. The maximum atomic E-state index is 13.7. The summed E-state index contributed by atoms with van der Waals surface area (Å²) in [5.41, 5.74) is 4.65. The number of likely N-dealkylation sites (tertiary alicyclic amines) is 1. The molecule has 9 heteroatoms. The smallest absolute Gasteiger partial charge is 0.246 e. The first-order valence-corrected chi connectivity index (χ1v) is 14.4. The fourth-order valence-corrected chi connectivity index (χ4v) is 6.05. The molecule has 4 unspecified atom stereocenters. The number of β-amino-alcohol motifs (C(OH)–C–C–N with tert-alkyl or cyclic N) is 1. The van der Waals surface area contributed by atoms with Crippen LogP contribution in [-0.2, 0) is 14.4 Å². The lowest BCUT2D eigenvalue weighted by molar-refractivity contribution is -0.144. The molecule has 4 rings (SSSR count). The van der Waals surface area contributed by atoms with E-state index in [1.807, 2.05) is 64.4 Å². The Balaban J connectivity index is 1.43. The zero-order valence-electron chi connectivity index (χ0n) is 23.0. The van der Waals surface area contributed by atoms with Crippen LogP contribution in [0, 0.1) is 18.3 Å². The van der Waals surface area contributed by atoms with Crippen molar-refractivity contribution in [3.05, 3.63) is 41.0 Å². The average Bonchev–Trinajstić information content (AvgIpc) is 3.41. The number of hydrogen-bond acceptors (Lipinski definition) is 6. The molecule has 1 aliphatic carbocycles. The number of aliphatic hydroxyl groups is 1. The van der Waals surface area contributed by atoms with Crippen LogP contribution in [0.15, 0.2) is 29.8 Å². The van der Waals surface area contributed by atoms with Gasteiger partial charge in [-0.2, -0.15) is 0 Å². The summed E-state index contributed by atoms with van der Waals surface area (Å²) < 4.78 is 0. The molecule has 2 heterocycles. The van der Waals surface area contributed by atoms with Crippen LogP contribution in [0.3, 0.4) is 0 Å². The van der Waals surface area contributed by atoms with Crippen LogP contribution in [0.2, 0.25) is 0 Å². The van der Waals surface area contributed by atoms with Crippen molar-refractivity contribution in [3.63, 3.8) is 0 Å². The Hall–Kier alpha value is -2.78. The zero-order valence-corrected chi connectivity index (χ0v) is 23.8. The van der Waals surface area contributed by atoms with Gasteiger partial charge in [0.1, 0.15) is 12.1 Å². The van der Waals surface area contributed by atoms with Crippen molar-refractivity contribution in [3.8, 4) is 10.4 Å². The third kappa shape index (κ3) is 6.61. The monoisotopic (exact) mass is 540 g/mol. The Labute approximate surface area is 229 Å². The highest BCUT2D eigenvalue weighted by molar-refractivity contribution is 7.13. The Morgan fingerprint density at radius 2 is 1.84 bits per heavy atom. The van der Waals surface area contributed by atoms with Crippen LogP contribution >= 0.6 is 11.3 Å². The van der Waals surface area contributed by atoms with Gasteiger partial charge in [0.05, 0.1) is 28.2 Å². The lowest BCUT2D eigenvalue weighted by Gasteiger charge is -2.37. The second-order valence-corrected chi connectivity index (χ2v) is 12.8. The number of carbonyl (C=O) groups is 3. The summed E-state index contributed by atoms with van der Waals surface area (Å²) in [5.74, 6) is -0.662. The summed E-state index contributed by atoms with van der Waals surface area (Å²) in [7, 11) is 0. The van der Waals surface area contributed by atoms with Crippen molar-refractivity contribution < 1.29 is 19.5 Å². The highest BCUT2D eigenvalue weighted by atomic mass is 32.1. The maximum absolute atomic E-state index is 13.7. The molecule has 8 nitrogen and oxygen atoms in total. The van der Waals surface area contributed by atoms with Gasteiger partial charge in [0.25, 0.3) is 0 Å². The lowest BCUT2D eigenvalue weighted by Crippen LogP contribution is -2.57. The van der Waals surface area contributed by atoms with Crippen LogP contribution in [-0.4, -0.2) is 57.4 Å². The van der Waals surface area contributed by atoms with Gasteiger partial charge < -0.3 is 20.6 Å². The van der Waals surface area contributed by atoms with Crippen molar-refractivity contribution in [2.75, 3.05) is 6.54 Å². The van der Waals surface area contributed by atoms with Gasteiger partial charge in [-0.1, -0.05) is 51.5 Å². The van der Waals surface area contributed by atoms with E-state index in [9.17, 15) is 19.5 Å². The summed E-state index contributed by atoms with van der Waals surface area (Å²) in [6.07, 6.45) is 2.48. The number of aromatic nitrogens is 1. The number of nitrogens with zero attached hydrogens (tertiary/aromatic N) is 2. The standard InChI is InChI=1S/C29H40N4O4S/c1-17(19-9-11-21(12-10-19)26-18(2)30-16-38-26)31-27(36)23-13-22(34)15-33(23)28(37)25(20-7-6-8-20)32-24(35)14-29(3,4)5/h9-12,16-17,20,22-23,25,34H,6-8,13-15H2,1-5H3,(H,31,36)(H,32,35). The lowest BCUT2D eigenvalue weighted by atomic mass is 9.78. The van der Waals surface area contributed by atoms with Crippen LogP contribution < -0.4 is 10.6 Å². The molecule has 38 heavy (non-hydrogen) atoms. The van der Waals surface area contributed by atoms with Crippen molar-refractivity contribution in [2.24, 2.45) is 11.3 Å². The van der Waals surface area contributed by atoms with Gasteiger partial charge >= 0.3 is 0 Å². The summed E-state index contributed by atoms with van der Waals surface area (Å²) in [5, 5.41) is 16.4. The molecule has 3 N–H and O–H groups in total. The second-order valence-electron chi connectivity index (χ2n) is 12.0. The van der Waals surface area contributed by atoms with Crippen molar-refractivity contribution >= 4 is 29.1 Å². The number of nitrogens with one attached hydrogen (secondary N) is 2.